The van der Waals surface area contributed by atoms with Crippen molar-refractivity contribution in [1.29, 1.82) is 0 Å². The summed E-state index contributed by atoms with van der Waals surface area (Å²) in [6, 6.07) is 14.9. The van der Waals surface area contributed by atoms with Crippen molar-refractivity contribution in [2.75, 3.05) is 12.3 Å². The third-order valence-electron chi connectivity index (χ3n) is 6.30. The number of nitrogens with zero attached hydrogens (tertiary/aromatic N) is 2. The molecule has 0 unspecified atom stereocenters. The number of halogens is 2. The van der Waals surface area contributed by atoms with Gasteiger partial charge in [0.2, 0.25) is 0 Å². The van der Waals surface area contributed by atoms with Crippen LogP contribution in [-0.2, 0) is 5.41 Å². The Hall–Kier alpha value is -2.08. The van der Waals surface area contributed by atoms with Crippen LogP contribution in [0.3, 0.4) is 0 Å². The molecule has 0 amide bonds. The highest BCUT2D eigenvalue weighted by Gasteiger charge is 2.51. The van der Waals surface area contributed by atoms with Crippen LogP contribution in [0.4, 0.5) is 8.78 Å². The van der Waals surface area contributed by atoms with Gasteiger partial charge in [0.1, 0.15) is 17.3 Å². The summed E-state index contributed by atoms with van der Waals surface area (Å²) in [5.41, 5.74) is 1.34. The molecule has 0 radical (unpaired) electrons. The highest BCUT2D eigenvalue weighted by atomic mass is 32.2. The first-order chi connectivity index (χ1) is 13.7. The van der Waals surface area contributed by atoms with E-state index < -0.39 is 6.43 Å². The molecular formula is C22H22F2N2OS. The smallest absolute Gasteiger partial charge is 0.263 e. The molecule has 1 aliphatic carbocycles. The van der Waals surface area contributed by atoms with Crippen molar-refractivity contribution in [2.45, 2.75) is 43.6 Å². The van der Waals surface area contributed by atoms with Gasteiger partial charge in [0.05, 0.1) is 5.41 Å². The molecule has 2 aromatic carbocycles. The number of hydrogen-bond acceptors (Lipinski definition) is 4. The number of rotatable bonds is 4. The summed E-state index contributed by atoms with van der Waals surface area (Å²) in [4.78, 5) is 2.54. The topological polar surface area (TPSA) is 24.8 Å². The molecule has 1 saturated carbocycles. The van der Waals surface area contributed by atoms with E-state index in [1.165, 1.54) is 36.4 Å². The molecule has 146 valence electrons. The van der Waals surface area contributed by atoms with Crippen LogP contribution in [0.1, 0.15) is 43.2 Å². The zero-order valence-electron chi connectivity index (χ0n) is 15.5. The number of hydrogen-bond donors (Lipinski definition) is 0. The highest BCUT2D eigenvalue weighted by Crippen LogP contribution is 2.49. The first kappa shape index (κ1) is 18.0. The lowest BCUT2D eigenvalue weighted by atomic mass is 9.63. The fraction of sp³-hybridized carbons (Fsp3) is 0.409. The van der Waals surface area contributed by atoms with Gasteiger partial charge in [0.25, 0.3) is 6.43 Å². The maximum absolute atomic E-state index is 12.7. The predicted molar refractivity (Wildman–Crippen MR) is 108 cm³/mol. The Morgan fingerprint density at radius 1 is 1.00 bits per heavy atom. The van der Waals surface area contributed by atoms with Crippen molar-refractivity contribution >= 4 is 17.8 Å². The fourth-order valence-electron chi connectivity index (χ4n) is 4.83. The Morgan fingerprint density at radius 3 is 2.29 bits per heavy atom. The summed E-state index contributed by atoms with van der Waals surface area (Å²) in [6.45, 7) is 1.10. The van der Waals surface area contributed by atoms with E-state index in [0.29, 0.717) is 17.5 Å². The summed E-state index contributed by atoms with van der Waals surface area (Å²) >= 11 is 1.69. The van der Waals surface area contributed by atoms with Gasteiger partial charge in [-0.1, -0.05) is 12.1 Å². The molecular weight excluding hydrogens is 378 g/mol. The Balaban J connectivity index is 1.38. The van der Waals surface area contributed by atoms with Gasteiger partial charge in [0, 0.05) is 23.9 Å². The quantitative estimate of drug-likeness (QED) is 0.591. The lowest BCUT2D eigenvalue weighted by molar-refractivity contribution is 0.151. The fourth-order valence-corrected chi connectivity index (χ4v) is 5.60. The van der Waals surface area contributed by atoms with Crippen molar-refractivity contribution in [1.82, 2.24) is 4.90 Å². The average molecular weight is 400 g/mol. The summed E-state index contributed by atoms with van der Waals surface area (Å²) in [5, 5.41) is 0. The first-order valence-electron chi connectivity index (χ1n) is 9.79. The van der Waals surface area contributed by atoms with E-state index in [9.17, 15) is 8.78 Å². The van der Waals surface area contributed by atoms with Crippen molar-refractivity contribution in [3.63, 3.8) is 0 Å². The summed E-state index contributed by atoms with van der Waals surface area (Å²) in [5.74, 6) is 3.62. The minimum atomic E-state index is -2.46. The molecule has 3 fully saturated rings. The van der Waals surface area contributed by atoms with Gasteiger partial charge in [-0.3, -0.25) is 0 Å². The Labute approximate surface area is 167 Å². The van der Waals surface area contributed by atoms with E-state index in [2.05, 4.69) is 17.0 Å². The number of ether oxygens (including phenoxy) is 1. The molecule has 3 aliphatic heterocycles. The van der Waals surface area contributed by atoms with Crippen LogP contribution in [0.2, 0.25) is 0 Å². The van der Waals surface area contributed by atoms with Gasteiger partial charge in [0.15, 0.2) is 0 Å². The van der Waals surface area contributed by atoms with Crippen LogP contribution >= 0.6 is 11.9 Å². The number of piperidine rings is 2. The molecule has 4 aliphatic rings. The molecule has 0 N–H and O–H groups in total. The van der Waals surface area contributed by atoms with Gasteiger partial charge < -0.3 is 9.64 Å². The van der Waals surface area contributed by atoms with E-state index >= 15 is 0 Å². The molecule has 0 aromatic heterocycles. The molecule has 0 spiro atoms. The van der Waals surface area contributed by atoms with Crippen molar-refractivity contribution in [2.24, 2.45) is 4.40 Å². The number of benzene rings is 2. The lowest BCUT2D eigenvalue weighted by Gasteiger charge is -2.55. The Bertz CT molecular complexity index is 874. The summed E-state index contributed by atoms with van der Waals surface area (Å²) in [7, 11) is 0. The minimum absolute atomic E-state index is 0.00498. The van der Waals surface area contributed by atoms with Crippen LogP contribution in [0.15, 0.2) is 52.9 Å². The van der Waals surface area contributed by atoms with E-state index in [1.54, 1.807) is 24.1 Å². The van der Waals surface area contributed by atoms with Crippen molar-refractivity contribution < 1.29 is 13.5 Å². The second kappa shape index (κ2) is 7.07. The second-order valence-electron chi connectivity index (χ2n) is 7.75. The number of fused-ring (bicyclic) bond motifs is 2. The van der Waals surface area contributed by atoms with Crippen LogP contribution < -0.4 is 4.74 Å². The van der Waals surface area contributed by atoms with Gasteiger partial charge >= 0.3 is 0 Å². The van der Waals surface area contributed by atoms with Crippen LogP contribution in [0.5, 0.6) is 11.5 Å². The van der Waals surface area contributed by atoms with Gasteiger partial charge in [-0.25, -0.2) is 13.2 Å². The standard InChI is InChI=1S/C22H22F2N2OS/c23-20(24)15-1-5-18(6-2-15)27-19-7-3-16(4-8-19)22-11-9-17(10-12-22)26-13-14-28-25-21(22)26/h1-8,17,20H,9-14H2. The van der Waals surface area contributed by atoms with E-state index in [4.69, 9.17) is 9.13 Å². The Morgan fingerprint density at radius 2 is 1.64 bits per heavy atom. The molecule has 28 heavy (non-hydrogen) atoms. The number of amidine groups is 1. The SMILES string of the molecule is FC(F)c1ccc(Oc2ccc(C34CCC(CC3)N3CCSN=C34)cc2)cc1. The van der Waals surface area contributed by atoms with Gasteiger partial charge in [-0.2, -0.15) is 0 Å². The van der Waals surface area contributed by atoms with Crippen LogP contribution in [0, 0.1) is 0 Å². The molecule has 2 bridgehead atoms. The van der Waals surface area contributed by atoms with Gasteiger partial charge in [-0.05, 0) is 79.6 Å². The van der Waals surface area contributed by atoms with Gasteiger partial charge in [-0.15, -0.1) is 0 Å². The molecule has 0 atom stereocenters. The molecule has 3 nitrogen and oxygen atoms in total. The maximum atomic E-state index is 12.7. The normalized spacial score (nSPS) is 26.2. The van der Waals surface area contributed by atoms with Crippen molar-refractivity contribution in [3.05, 3.63) is 59.7 Å². The van der Waals surface area contributed by atoms with Crippen LogP contribution in [0.25, 0.3) is 0 Å². The van der Waals surface area contributed by atoms with Crippen molar-refractivity contribution in [3.8, 4) is 11.5 Å². The monoisotopic (exact) mass is 400 g/mol. The molecule has 3 heterocycles. The number of alkyl halides is 2. The summed E-state index contributed by atoms with van der Waals surface area (Å²) < 4.78 is 36.1. The highest BCUT2D eigenvalue weighted by molar-refractivity contribution is 7.98. The zero-order valence-corrected chi connectivity index (χ0v) is 16.3. The predicted octanol–water partition coefficient (Wildman–Crippen LogP) is 5.97. The van der Waals surface area contributed by atoms with E-state index in [0.717, 1.165) is 25.1 Å². The van der Waals surface area contributed by atoms with E-state index in [-0.39, 0.29) is 11.0 Å². The third kappa shape index (κ3) is 2.98. The third-order valence-corrected chi connectivity index (χ3v) is 6.97. The molecule has 2 aromatic rings. The lowest BCUT2D eigenvalue weighted by Crippen LogP contribution is -2.61. The van der Waals surface area contributed by atoms with E-state index in [1.807, 2.05) is 12.1 Å². The maximum Gasteiger partial charge on any atom is 0.263 e. The average Bonchev–Trinajstić information content (AvgIpc) is 2.76. The molecule has 6 heteroatoms. The Kier molecular flexibility index (Phi) is 4.54. The minimum Gasteiger partial charge on any atom is -0.457 e. The zero-order chi connectivity index (χ0) is 19.1. The second-order valence-corrected chi connectivity index (χ2v) is 8.60. The largest absolute Gasteiger partial charge is 0.457 e. The summed E-state index contributed by atoms with van der Waals surface area (Å²) in [6.07, 6.45) is 2.32. The van der Waals surface area contributed by atoms with Crippen LogP contribution in [-0.4, -0.2) is 29.1 Å². The first-order valence-corrected chi connectivity index (χ1v) is 10.7. The molecule has 6 rings (SSSR count). The molecule has 2 saturated heterocycles.